The van der Waals surface area contributed by atoms with Crippen molar-refractivity contribution < 1.29 is 4.79 Å². The smallest absolute Gasteiger partial charge is 0.175 e. The molecule has 12 heavy (non-hydrogen) atoms. The second-order valence-electron chi connectivity index (χ2n) is 3.32. The summed E-state index contributed by atoms with van der Waals surface area (Å²) in [6.07, 6.45) is 4.69. The highest BCUT2D eigenvalue weighted by atomic mass is 32.1. The van der Waals surface area contributed by atoms with Crippen molar-refractivity contribution in [2.24, 2.45) is 5.92 Å². The summed E-state index contributed by atoms with van der Waals surface area (Å²) >= 11 is 1.57. The lowest BCUT2D eigenvalue weighted by molar-refractivity contribution is 0.0927. The van der Waals surface area contributed by atoms with Crippen LogP contribution in [0.5, 0.6) is 0 Å². The number of thiophene rings is 1. The third kappa shape index (κ3) is 1.44. The number of rotatable bonds is 2. The van der Waals surface area contributed by atoms with Crippen molar-refractivity contribution in [1.29, 1.82) is 0 Å². The van der Waals surface area contributed by atoms with E-state index < -0.39 is 0 Å². The van der Waals surface area contributed by atoms with Crippen molar-refractivity contribution in [2.45, 2.75) is 25.7 Å². The SMILES string of the molecule is O=C(c1cccs1)C1CCCC1. The molecule has 0 atom stereocenters. The van der Waals surface area contributed by atoms with Crippen LogP contribution in [0.1, 0.15) is 35.4 Å². The number of carbonyl (C=O) groups is 1. The minimum Gasteiger partial charge on any atom is -0.293 e. The first-order valence-corrected chi connectivity index (χ1v) is 5.33. The van der Waals surface area contributed by atoms with Gasteiger partial charge in [0, 0.05) is 5.92 Å². The van der Waals surface area contributed by atoms with Crippen LogP contribution in [0.3, 0.4) is 0 Å². The quantitative estimate of drug-likeness (QED) is 0.639. The van der Waals surface area contributed by atoms with Crippen LogP contribution in [0.4, 0.5) is 0 Å². The molecule has 0 saturated heterocycles. The molecule has 0 amide bonds. The Bertz CT molecular complexity index is 257. The van der Waals surface area contributed by atoms with Crippen LogP contribution < -0.4 is 0 Å². The highest BCUT2D eigenvalue weighted by Gasteiger charge is 2.23. The van der Waals surface area contributed by atoms with Gasteiger partial charge in [-0.1, -0.05) is 18.9 Å². The maximum absolute atomic E-state index is 11.7. The van der Waals surface area contributed by atoms with Crippen molar-refractivity contribution in [2.75, 3.05) is 0 Å². The highest BCUT2D eigenvalue weighted by molar-refractivity contribution is 7.12. The number of Topliss-reactive ketones (excluding diaryl/α,β-unsaturated/α-hetero) is 1. The molecule has 0 bridgehead atoms. The van der Waals surface area contributed by atoms with Gasteiger partial charge >= 0.3 is 0 Å². The van der Waals surface area contributed by atoms with Crippen LogP contribution in [-0.2, 0) is 0 Å². The van der Waals surface area contributed by atoms with Gasteiger partial charge in [0.1, 0.15) is 0 Å². The molecule has 0 N–H and O–H groups in total. The van der Waals surface area contributed by atoms with Crippen LogP contribution in [0, 0.1) is 5.92 Å². The van der Waals surface area contributed by atoms with Crippen LogP contribution >= 0.6 is 11.3 Å². The molecular formula is C10H12OS. The summed E-state index contributed by atoms with van der Waals surface area (Å²) in [6, 6.07) is 3.89. The summed E-state index contributed by atoms with van der Waals surface area (Å²) in [5.41, 5.74) is 0. The van der Waals surface area contributed by atoms with E-state index in [0.29, 0.717) is 11.7 Å². The lowest BCUT2D eigenvalue weighted by atomic mass is 10.0. The second kappa shape index (κ2) is 3.40. The zero-order chi connectivity index (χ0) is 8.39. The van der Waals surface area contributed by atoms with Gasteiger partial charge in [-0.25, -0.2) is 0 Å². The molecule has 0 aromatic carbocycles. The summed E-state index contributed by atoms with van der Waals surface area (Å²) in [5.74, 6) is 0.714. The molecule has 1 fully saturated rings. The minimum atomic E-state index is 0.337. The van der Waals surface area contributed by atoms with Gasteiger partial charge in [-0.3, -0.25) is 4.79 Å². The normalized spacial score (nSPS) is 18.3. The molecule has 2 rings (SSSR count). The Labute approximate surface area is 76.4 Å². The first-order chi connectivity index (χ1) is 5.88. The van der Waals surface area contributed by atoms with Crippen molar-refractivity contribution in [1.82, 2.24) is 0 Å². The molecule has 0 spiro atoms. The van der Waals surface area contributed by atoms with Crippen LogP contribution in [-0.4, -0.2) is 5.78 Å². The highest BCUT2D eigenvalue weighted by Crippen LogP contribution is 2.29. The molecule has 1 saturated carbocycles. The number of carbonyl (C=O) groups excluding carboxylic acids is 1. The van der Waals surface area contributed by atoms with Crippen LogP contribution in [0.25, 0.3) is 0 Å². The molecule has 0 radical (unpaired) electrons. The Balaban J connectivity index is 2.09. The predicted molar refractivity (Wildman–Crippen MR) is 50.6 cm³/mol. The van der Waals surface area contributed by atoms with Gasteiger partial charge in [0.25, 0.3) is 0 Å². The van der Waals surface area contributed by atoms with Crippen molar-refractivity contribution >= 4 is 17.1 Å². The molecule has 1 aromatic heterocycles. The summed E-state index contributed by atoms with van der Waals surface area (Å²) in [7, 11) is 0. The minimum absolute atomic E-state index is 0.337. The molecule has 2 heteroatoms. The Morgan fingerprint density at radius 2 is 2.17 bits per heavy atom. The van der Waals surface area contributed by atoms with Crippen molar-refractivity contribution in [3.05, 3.63) is 22.4 Å². The van der Waals surface area contributed by atoms with E-state index in [1.807, 2.05) is 17.5 Å². The fraction of sp³-hybridized carbons (Fsp3) is 0.500. The van der Waals surface area contributed by atoms with Gasteiger partial charge in [-0.15, -0.1) is 11.3 Å². The van der Waals surface area contributed by atoms with Gasteiger partial charge in [0.2, 0.25) is 0 Å². The van der Waals surface area contributed by atoms with E-state index in [2.05, 4.69) is 0 Å². The Hall–Kier alpha value is -0.630. The zero-order valence-corrected chi connectivity index (χ0v) is 7.77. The van der Waals surface area contributed by atoms with E-state index in [-0.39, 0.29) is 0 Å². The van der Waals surface area contributed by atoms with Crippen molar-refractivity contribution in [3.63, 3.8) is 0 Å². The summed E-state index contributed by atoms with van der Waals surface area (Å²) in [4.78, 5) is 12.7. The van der Waals surface area contributed by atoms with Gasteiger partial charge in [-0.2, -0.15) is 0 Å². The molecular weight excluding hydrogens is 168 g/mol. The van der Waals surface area contributed by atoms with Crippen molar-refractivity contribution in [3.8, 4) is 0 Å². The second-order valence-corrected chi connectivity index (χ2v) is 4.27. The third-order valence-corrected chi connectivity index (χ3v) is 3.37. The molecule has 1 heterocycles. The predicted octanol–water partition coefficient (Wildman–Crippen LogP) is 3.12. The van der Waals surface area contributed by atoms with E-state index >= 15 is 0 Å². The van der Waals surface area contributed by atoms with Gasteiger partial charge < -0.3 is 0 Å². The first kappa shape index (κ1) is 7.99. The average molecular weight is 180 g/mol. The Kier molecular flexibility index (Phi) is 2.26. The molecule has 64 valence electrons. The topological polar surface area (TPSA) is 17.1 Å². The van der Waals surface area contributed by atoms with E-state index in [1.54, 1.807) is 11.3 Å². The van der Waals surface area contributed by atoms with Crippen LogP contribution in [0.15, 0.2) is 17.5 Å². The number of hydrogen-bond acceptors (Lipinski definition) is 2. The largest absolute Gasteiger partial charge is 0.293 e. The molecule has 1 aromatic rings. The maximum Gasteiger partial charge on any atom is 0.175 e. The lowest BCUT2D eigenvalue weighted by Crippen LogP contribution is -2.08. The van der Waals surface area contributed by atoms with E-state index in [1.165, 1.54) is 12.8 Å². The fourth-order valence-corrected chi connectivity index (χ4v) is 2.55. The van der Waals surface area contributed by atoms with Gasteiger partial charge in [0.15, 0.2) is 5.78 Å². The van der Waals surface area contributed by atoms with E-state index in [0.717, 1.165) is 17.7 Å². The van der Waals surface area contributed by atoms with E-state index in [4.69, 9.17) is 0 Å². The van der Waals surface area contributed by atoms with Gasteiger partial charge in [-0.05, 0) is 24.3 Å². The molecule has 0 aliphatic heterocycles. The lowest BCUT2D eigenvalue weighted by Gasteiger charge is -2.04. The number of hydrogen-bond donors (Lipinski definition) is 0. The zero-order valence-electron chi connectivity index (χ0n) is 6.95. The van der Waals surface area contributed by atoms with Crippen LogP contribution in [0.2, 0.25) is 0 Å². The standard InChI is InChI=1S/C10H12OS/c11-10(8-4-1-2-5-8)9-6-3-7-12-9/h3,6-8H,1-2,4-5H2. The molecule has 0 unspecified atom stereocenters. The monoisotopic (exact) mass is 180 g/mol. The fourth-order valence-electron chi connectivity index (χ4n) is 1.81. The molecule has 1 aliphatic rings. The average Bonchev–Trinajstić information content (AvgIpc) is 2.77. The number of ketones is 1. The van der Waals surface area contributed by atoms with Gasteiger partial charge in [0.05, 0.1) is 4.88 Å². The summed E-state index contributed by atoms with van der Waals surface area (Å²) < 4.78 is 0. The Morgan fingerprint density at radius 1 is 1.42 bits per heavy atom. The first-order valence-electron chi connectivity index (χ1n) is 4.45. The maximum atomic E-state index is 11.7. The summed E-state index contributed by atoms with van der Waals surface area (Å²) in [6.45, 7) is 0. The molecule has 1 aliphatic carbocycles. The molecule has 1 nitrogen and oxygen atoms in total. The van der Waals surface area contributed by atoms with E-state index in [9.17, 15) is 4.79 Å². The Morgan fingerprint density at radius 3 is 2.75 bits per heavy atom. The third-order valence-electron chi connectivity index (χ3n) is 2.49. The summed E-state index contributed by atoms with van der Waals surface area (Å²) in [5, 5.41) is 1.97.